The Bertz CT molecular complexity index is 370. The molecule has 1 amide bonds. The number of halogens is 2. The van der Waals surface area contributed by atoms with Crippen molar-refractivity contribution < 1.29 is 13.6 Å². The lowest BCUT2D eigenvalue weighted by molar-refractivity contribution is -0.118. The molecule has 0 aliphatic heterocycles. The van der Waals surface area contributed by atoms with Crippen LogP contribution in [0.5, 0.6) is 0 Å². The number of nitrogens with one attached hydrogen (secondary N) is 1. The van der Waals surface area contributed by atoms with Gasteiger partial charge in [-0.2, -0.15) is 0 Å². The summed E-state index contributed by atoms with van der Waals surface area (Å²) in [4.78, 5) is 10.6. The number of hydrogen-bond donors (Lipinski definition) is 3. The molecule has 0 saturated carbocycles. The minimum Gasteiger partial charge on any atom is -0.380 e. The van der Waals surface area contributed by atoms with Crippen LogP contribution < -0.4 is 16.8 Å². The number of carbonyl (C=O) groups excluding carboxylic acids is 1. The molecular formula is C9H11F2N3O. The van der Waals surface area contributed by atoms with Gasteiger partial charge in [-0.3, -0.25) is 4.79 Å². The maximum atomic E-state index is 13.0. The molecule has 0 saturated heterocycles. The summed E-state index contributed by atoms with van der Waals surface area (Å²) in [6.45, 7) is -0.0459. The van der Waals surface area contributed by atoms with Crippen LogP contribution in [0.25, 0.3) is 0 Å². The van der Waals surface area contributed by atoms with Crippen molar-refractivity contribution in [3.05, 3.63) is 29.8 Å². The molecule has 0 spiro atoms. The zero-order valence-corrected chi connectivity index (χ0v) is 7.84. The second-order valence-electron chi connectivity index (χ2n) is 3.01. The first-order valence-electron chi connectivity index (χ1n) is 4.24. The quantitative estimate of drug-likeness (QED) is 0.670. The highest BCUT2D eigenvalue weighted by atomic mass is 19.1. The molecule has 0 aliphatic carbocycles. The van der Waals surface area contributed by atoms with E-state index in [4.69, 9.17) is 11.5 Å². The first-order chi connectivity index (χ1) is 7.00. The average molecular weight is 215 g/mol. The number of hydrogen-bond acceptors (Lipinski definition) is 3. The Hall–Kier alpha value is -1.69. The van der Waals surface area contributed by atoms with Gasteiger partial charge in [0.2, 0.25) is 5.91 Å². The number of primary amides is 1. The molecule has 1 atom stereocenters. The van der Waals surface area contributed by atoms with Crippen LogP contribution in [-0.4, -0.2) is 18.5 Å². The minimum absolute atomic E-state index is 0.0459. The fraction of sp³-hybridized carbons (Fsp3) is 0.222. The van der Waals surface area contributed by atoms with E-state index >= 15 is 0 Å². The van der Waals surface area contributed by atoms with E-state index in [0.29, 0.717) is 0 Å². The van der Waals surface area contributed by atoms with E-state index in [1.165, 1.54) is 0 Å². The largest absolute Gasteiger partial charge is 0.380 e. The summed E-state index contributed by atoms with van der Waals surface area (Å²) in [6.07, 6.45) is 0. The normalized spacial score (nSPS) is 12.2. The molecule has 1 unspecified atom stereocenters. The Balaban J connectivity index is 2.65. The van der Waals surface area contributed by atoms with E-state index in [0.717, 1.165) is 18.2 Å². The summed E-state index contributed by atoms with van der Waals surface area (Å²) in [6, 6.07) is 2.01. The smallest absolute Gasteiger partial charge is 0.236 e. The molecule has 0 radical (unpaired) electrons. The van der Waals surface area contributed by atoms with Crippen LogP contribution >= 0.6 is 0 Å². The average Bonchev–Trinajstić information content (AvgIpc) is 2.18. The molecular weight excluding hydrogens is 204 g/mol. The zero-order valence-electron chi connectivity index (χ0n) is 7.84. The maximum Gasteiger partial charge on any atom is 0.236 e. The van der Waals surface area contributed by atoms with Gasteiger partial charge in [-0.1, -0.05) is 0 Å². The lowest BCUT2D eigenvalue weighted by Gasteiger charge is -2.10. The first kappa shape index (κ1) is 11.4. The Labute approximate surface area is 85.2 Å². The van der Waals surface area contributed by atoms with Crippen molar-refractivity contribution in [3.8, 4) is 0 Å². The molecule has 0 bridgehead atoms. The van der Waals surface area contributed by atoms with Crippen LogP contribution in [0.1, 0.15) is 0 Å². The summed E-state index contributed by atoms with van der Waals surface area (Å²) in [5, 5.41) is 2.49. The van der Waals surface area contributed by atoms with E-state index in [2.05, 4.69) is 5.32 Å². The van der Waals surface area contributed by atoms with Crippen LogP contribution in [0.4, 0.5) is 14.5 Å². The number of rotatable bonds is 4. The Morgan fingerprint density at radius 1 is 1.47 bits per heavy atom. The molecule has 82 valence electrons. The van der Waals surface area contributed by atoms with Crippen molar-refractivity contribution in [2.75, 3.05) is 11.9 Å². The van der Waals surface area contributed by atoms with Crippen molar-refractivity contribution >= 4 is 11.6 Å². The fourth-order valence-electron chi connectivity index (χ4n) is 0.953. The third kappa shape index (κ3) is 3.17. The molecule has 15 heavy (non-hydrogen) atoms. The number of carbonyl (C=O) groups is 1. The van der Waals surface area contributed by atoms with Crippen molar-refractivity contribution in [3.63, 3.8) is 0 Å². The summed E-state index contributed by atoms with van der Waals surface area (Å²) >= 11 is 0. The molecule has 5 N–H and O–H groups in total. The van der Waals surface area contributed by atoms with E-state index in [-0.39, 0.29) is 12.2 Å². The van der Waals surface area contributed by atoms with Gasteiger partial charge in [0, 0.05) is 6.54 Å². The Kier molecular flexibility index (Phi) is 3.56. The highest BCUT2D eigenvalue weighted by Gasteiger charge is 2.10. The highest BCUT2D eigenvalue weighted by molar-refractivity contribution is 5.80. The Morgan fingerprint density at radius 2 is 2.13 bits per heavy atom. The van der Waals surface area contributed by atoms with E-state index in [9.17, 15) is 13.6 Å². The standard InChI is InChI=1S/C9H11F2N3O/c10-5-1-2-6(11)8(3-5)14-4-7(12)9(13)15/h1-3,7,14H,4,12H2,(H2,13,15). The fourth-order valence-corrected chi connectivity index (χ4v) is 0.953. The maximum absolute atomic E-state index is 13.0. The number of nitrogens with two attached hydrogens (primary N) is 2. The van der Waals surface area contributed by atoms with Gasteiger partial charge < -0.3 is 16.8 Å². The molecule has 0 heterocycles. The van der Waals surface area contributed by atoms with Gasteiger partial charge in [-0.05, 0) is 18.2 Å². The second-order valence-corrected chi connectivity index (χ2v) is 3.01. The molecule has 1 aromatic rings. The summed E-state index contributed by atoms with van der Waals surface area (Å²) in [5.41, 5.74) is 10.1. The summed E-state index contributed by atoms with van der Waals surface area (Å²) in [5.74, 6) is -1.90. The predicted octanol–water partition coefficient (Wildman–Crippen LogP) is 0.189. The van der Waals surface area contributed by atoms with Crippen molar-refractivity contribution in [2.24, 2.45) is 11.5 Å². The third-order valence-corrected chi connectivity index (χ3v) is 1.81. The predicted molar refractivity (Wildman–Crippen MR) is 52.0 cm³/mol. The van der Waals surface area contributed by atoms with Gasteiger partial charge in [-0.15, -0.1) is 0 Å². The molecule has 1 aromatic carbocycles. The number of amides is 1. The molecule has 6 heteroatoms. The molecule has 4 nitrogen and oxygen atoms in total. The molecule has 0 aromatic heterocycles. The van der Waals surface area contributed by atoms with Crippen molar-refractivity contribution in [1.29, 1.82) is 0 Å². The Morgan fingerprint density at radius 3 is 2.73 bits per heavy atom. The number of benzene rings is 1. The first-order valence-corrected chi connectivity index (χ1v) is 4.24. The van der Waals surface area contributed by atoms with Crippen LogP contribution in [0.2, 0.25) is 0 Å². The molecule has 1 rings (SSSR count). The monoisotopic (exact) mass is 215 g/mol. The second kappa shape index (κ2) is 4.70. The third-order valence-electron chi connectivity index (χ3n) is 1.81. The highest BCUT2D eigenvalue weighted by Crippen LogP contribution is 2.14. The zero-order chi connectivity index (χ0) is 11.4. The van der Waals surface area contributed by atoms with Crippen molar-refractivity contribution in [1.82, 2.24) is 0 Å². The van der Waals surface area contributed by atoms with Gasteiger partial charge in [-0.25, -0.2) is 8.78 Å². The minimum atomic E-state index is -0.937. The summed E-state index contributed by atoms with van der Waals surface area (Å²) in [7, 11) is 0. The molecule has 0 fully saturated rings. The van der Waals surface area contributed by atoms with E-state index < -0.39 is 23.6 Å². The van der Waals surface area contributed by atoms with E-state index in [1.807, 2.05) is 0 Å². The lowest BCUT2D eigenvalue weighted by Crippen LogP contribution is -2.41. The van der Waals surface area contributed by atoms with Crippen LogP contribution in [0.3, 0.4) is 0 Å². The topological polar surface area (TPSA) is 81.1 Å². The SMILES string of the molecule is NC(=O)C(N)CNc1cc(F)ccc1F. The summed E-state index contributed by atoms with van der Waals surface area (Å²) < 4.78 is 25.7. The number of anilines is 1. The lowest BCUT2D eigenvalue weighted by atomic mass is 10.2. The van der Waals surface area contributed by atoms with Gasteiger partial charge >= 0.3 is 0 Å². The van der Waals surface area contributed by atoms with Crippen LogP contribution in [0, 0.1) is 11.6 Å². The van der Waals surface area contributed by atoms with Gasteiger partial charge in [0.05, 0.1) is 5.69 Å². The van der Waals surface area contributed by atoms with Crippen LogP contribution in [0.15, 0.2) is 18.2 Å². The van der Waals surface area contributed by atoms with Gasteiger partial charge in [0.15, 0.2) is 0 Å². The van der Waals surface area contributed by atoms with E-state index in [1.54, 1.807) is 0 Å². The van der Waals surface area contributed by atoms with Crippen molar-refractivity contribution in [2.45, 2.75) is 6.04 Å². The van der Waals surface area contributed by atoms with Gasteiger partial charge in [0.25, 0.3) is 0 Å². The van der Waals surface area contributed by atoms with Gasteiger partial charge in [0.1, 0.15) is 17.7 Å². The van der Waals surface area contributed by atoms with Crippen LogP contribution in [-0.2, 0) is 4.79 Å². The molecule has 0 aliphatic rings.